The summed E-state index contributed by atoms with van der Waals surface area (Å²) in [6, 6.07) is 12.7. The van der Waals surface area contributed by atoms with Crippen LogP contribution in [-0.2, 0) is 19.7 Å². The summed E-state index contributed by atoms with van der Waals surface area (Å²) >= 11 is 6.06. The molecule has 1 fully saturated rings. The van der Waals surface area contributed by atoms with Crippen LogP contribution in [0.3, 0.4) is 0 Å². The number of amides is 1. The van der Waals surface area contributed by atoms with Gasteiger partial charge in [-0.25, -0.2) is 0 Å². The van der Waals surface area contributed by atoms with Gasteiger partial charge in [-0.3, -0.25) is 9.59 Å². The first kappa shape index (κ1) is 16.9. The standard InChI is InChI=1S/C20H18ClNO4/c1-3-26-18(23)17-16(11-4-7-13(25-2)8-5-11)20(17)14-9-6-12(21)10-15(14)22-19(20)24/h4-10,16-17H,3H2,1-2H3,(H,22,24)/t16-,17+,20-/m0/s1. The van der Waals surface area contributed by atoms with Gasteiger partial charge in [0.1, 0.15) is 5.75 Å². The van der Waals surface area contributed by atoms with E-state index in [1.165, 1.54) is 0 Å². The molecular weight excluding hydrogens is 354 g/mol. The maximum absolute atomic E-state index is 13.0. The predicted molar refractivity (Wildman–Crippen MR) is 97.6 cm³/mol. The summed E-state index contributed by atoms with van der Waals surface area (Å²) in [7, 11) is 1.60. The molecule has 0 unspecified atom stereocenters. The molecule has 1 spiro atoms. The Morgan fingerprint density at radius 3 is 2.62 bits per heavy atom. The van der Waals surface area contributed by atoms with E-state index in [1.54, 1.807) is 26.2 Å². The number of anilines is 1. The van der Waals surface area contributed by atoms with Gasteiger partial charge in [-0.1, -0.05) is 29.8 Å². The average molecular weight is 372 g/mol. The Morgan fingerprint density at radius 2 is 1.96 bits per heavy atom. The highest BCUT2D eigenvalue weighted by Gasteiger charge is 2.77. The van der Waals surface area contributed by atoms with E-state index in [9.17, 15) is 9.59 Å². The van der Waals surface area contributed by atoms with Gasteiger partial charge in [-0.2, -0.15) is 0 Å². The molecule has 0 saturated heterocycles. The molecule has 4 rings (SSSR count). The largest absolute Gasteiger partial charge is 0.497 e. The van der Waals surface area contributed by atoms with Crippen LogP contribution >= 0.6 is 11.6 Å². The lowest BCUT2D eigenvalue weighted by Gasteiger charge is -2.09. The Morgan fingerprint density at radius 1 is 1.23 bits per heavy atom. The highest BCUT2D eigenvalue weighted by Crippen LogP contribution is 2.69. The minimum absolute atomic E-state index is 0.186. The predicted octanol–water partition coefficient (Wildman–Crippen LogP) is 3.52. The Balaban J connectivity index is 1.82. The molecule has 2 aromatic rings. The van der Waals surface area contributed by atoms with E-state index in [0.29, 0.717) is 10.7 Å². The first-order valence-electron chi connectivity index (χ1n) is 8.46. The summed E-state index contributed by atoms with van der Waals surface area (Å²) in [5.74, 6) is -0.660. The number of ether oxygens (including phenoxy) is 2. The fraction of sp³-hybridized carbons (Fsp3) is 0.300. The Kier molecular flexibility index (Phi) is 3.92. The van der Waals surface area contributed by atoms with E-state index in [2.05, 4.69) is 5.32 Å². The number of fused-ring (bicyclic) bond motifs is 2. The molecule has 0 aromatic heterocycles. The second-order valence-corrected chi connectivity index (χ2v) is 6.93. The van der Waals surface area contributed by atoms with Gasteiger partial charge >= 0.3 is 5.97 Å². The first-order chi connectivity index (χ1) is 12.5. The van der Waals surface area contributed by atoms with Gasteiger partial charge in [-0.05, 0) is 42.3 Å². The molecule has 1 amide bonds. The van der Waals surface area contributed by atoms with Crippen LogP contribution in [0.4, 0.5) is 5.69 Å². The highest BCUT2D eigenvalue weighted by molar-refractivity contribution is 6.31. The second-order valence-electron chi connectivity index (χ2n) is 6.49. The summed E-state index contributed by atoms with van der Waals surface area (Å²) < 4.78 is 10.5. The lowest BCUT2D eigenvalue weighted by Crippen LogP contribution is -2.25. The van der Waals surface area contributed by atoms with Gasteiger partial charge in [0, 0.05) is 16.6 Å². The summed E-state index contributed by atoms with van der Waals surface area (Å²) in [5.41, 5.74) is 1.42. The third kappa shape index (κ3) is 2.23. The van der Waals surface area contributed by atoms with Crippen molar-refractivity contribution in [2.75, 3.05) is 19.0 Å². The van der Waals surface area contributed by atoms with Crippen LogP contribution in [0.25, 0.3) is 0 Å². The third-order valence-electron chi connectivity index (χ3n) is 5.27. The minimum Gasteiger partial charge on any atom is -0.497 e. The van der Waals surface area contributed by atoms with Crippen LogP contribution in [-0.4, -0.2) is 25.6 Å². The minimum atomic E-state index is -0.944. The summed E-state index contributed by atoms with van der Waals surface area (Å²) in [6.45, 7) is 2.04. The summed E-state index contributed by atoms with van der Waals surface area (Å²) in [5, 5.41) is 3.42. The molecule has 2 aliphatic rings. The number of hydrogen-bond donors (Lipinski definition) is 1. The zero-order valence-electron chi connectivity index (χ0n) is 14.4. The molecule has 6 heteroatoms. The van der Waals surface area contributed by atoms with Crippen LogP contribution in [0.1, 0.15) is 24.0 Å². The molecule has 2 aromatic carbocycles. The van der Waals surface area contributed by atoms with Gasteiger partial charge in [0.2, 0.25) is 5.91 Å². The van der Waals surface area contributed by atoms with Crippen LogP contribution in [0.2, 0.25) is 5.02 Å². The van der Waals surface area contributed by atoms with Crippen molar-refractivity contribution in [1.82, 2.24) is 0 Å². The molecule has 5 nitrogen and oxygen atoms in total. The van der Waals surface area contributed by atoms with Crippen molar-refractivity contribution in [3.05, 3.63) is 58.6 Å². The summed E-state index contributed by atoms with van der Waals surface area (Å²) in [6.07, 6.45) is 0. The number of methoxy groups -OCH3 is 1. The van der Waals surface area contributed by atoms with Gasteiger partial charge in [0.25, 0.3) is 0 Å². The van der Waals surface area contributed by atoms with Crippen molar-refractivity contribution in [3.8, 4) is 5.75 Å². The maximum Gasteiger partial charge on any atom is 0.311 e. The number of carbonyl (C=O) groups is 2. The smallest absolute Gasteiger partial charge is 0.311 e. The molecular formula is C20H18ClNO4. The van der Waals surface area contributed by atoms with Crippen LogP contribution < -0.4 is 10.1 Å². The fourth-order valence-corrected chi connectivity index (χ4v) is 4.33. The SMILES string of the molecule is CCOC(=O)[C@H]1[C@H](c2ccc(OC)cc2)[C@]12C(=O)Nc1cc(Cl)ccc12. The van der Waals surface area contributed by atoms with Crippen molar-refractivity contribution >= 4 is 29.2 Å². The average Bonchev–Trinajstić information content (AvgIpc) is 3.25. The first-order valence-corrected chi connectivity index (χ1v) is 8.83. The number of nitrogens with one attached hydrogen (secondary N) is 1. The molecule has 1 aliphatic heterocycles. The van der Waals surface area contributed by atoms with E-state index in [-0.39, 0.29) is 24.4 Å². The van der Waals surface area contributed by atoms with Crippen LogP contribution in [0.15, 0.2) is 42.5 Å². The molecule has 0 bridgehead atoms. The zero-order valence-corrected chi connectivity index (χ0v) is 15.2. The van der Waals surface area contributed by atoms with Gasteiger partial charge in [0.15, 0.2) is 0 Å². The molecule has 0 radical (unpaired) electrons. The third-order valence-corrected chi connectivity index (χ3v) is 5.51. The van der Waals surface area contributed by atoms with E-state index >= 15 is 0 Å². The number of esters is 1. The van der Waals surface area contributed by atoms with Gasteiger partial charge in [0.05, 0.1) is 25.0 Å². The Hall–Kier alpha value is -2.53. The molecule has 1 saturated carbocycles. The van der Waals surface area contributed by atoms with Gasteiger partial charge < -0.3 is 14.8 Å². The van der Waals surface area contributed by atoms with E-state index in [0.717, 1.165) is 16.9 Å². The number of rotatable bonds is 4. The maximum atomic E-state index is 13.0. The molecule has 134 valence electrons. The monoisotopic (exact) mass is 371 g/mol. The van der Waals surface area contributed by atoms with Crippen molar-refractivity contribution in [2.45, 2.75) is 18.3 Å². The van der Waals surface area contributed by atoms with Gasteiger partial charge in [-0.15, -0.1) is 0 Å². The Bertz CT molecular complexity index is 895. The number of halogens is 1. The molecule has 3 atom stereocenters. The van der Waals surface area contributed by atoms with Crippen molar-refractivity contribution in [3.63, 3.8) is 0 Å². The normalized spacial score (nSPS) is 25.6. The lowest BCUT2D eigenvalue weighted by molar-refractivity contribution is -0.146. The van der Waals surface area contributed by atoms with E-state index < -0.39 is 11.3 Å². The molecule has 1 aliphatic carbocycles. The van der Waals surface area contributed by atoms with Crippen molar-refractivity contribution in [1.29, 1.82) is 0 Å². The molecule has 1 N–H and O–H groups in total. The number of hydrogen-bond acceptors (Lipinski definition) is 4. The summed E-state index contributed by atoms with van der Waals surface area (Å²) in [4.78, 5) is 25.6. The second kappa shape index (κ2) is 6.02. The van der Waals surface area contributed by atoms with E-state index in [1.807, 2.05) is 30.3 Å². The fourth-order valence-electron chi connectivity index (χ4n) is 4.15. The van der Waals surface area contributed by atoms with Crippen LogP contribution in [0.5, 0.6) is 5.75 Å². The topological polar surface area (TPSA) is 64.6 Å². The van der Waals surface area contributed by atoms with Crippen molar-refractivity contribution in [2.24, 2.45) is 5.92 Å². The number of carbonyl (C=O) groups excluding carboxylic acids is 2. The van der Waals surface area contributed by atoms with Crippen LogP contribution in [0, 0.1) is 5.92 Å². The Labute approximate surface area is 156 Å². The lowest BCUT2D eigenvalue weighted by atomic mass is 9.91. The number of benzene rings is 2. The quantitative estimate of drug-likeness (QED) is 0.835. The molecule has 1 heterocycles. The highest BCUT2D eigenvalue weighted by atomic mass is 35.5. The zero-order chi connectivity index (χ0) is 18.5. The van der Waals surface area contributed by atoms with E-state index in [4.69, 9.17) is 21.1 Å². The van der Waals surface area contributed by atoms with Crippen molar-refractivity contribution < 1.29 is 19.1 Å². The molecule has 26 heavy (non-hydrogen) atoms.